The van der Waals surface area contributed by atoms with E-state index in [4.69, 9.17) is 19.9 Å². The van der Waals surface area contributed by atoms with Crippen LogP contribution in [0.4, 0.5) is 5.95 Å². The Labute approximate surface area is 173 Å². The molecule has 3 heterocycles. The molecule has 156 valence electrons. The second-order valence-electron chi connectivity index (χ2n) is 6.76. The Morgan fingerprint density at radius 3 is 2.53 bits per heavy atom. The molecule has 0 atom stereocenters. The lowest BCUT2D eigenvalue weighted by atomic mass is 10.1. The third kappa shape index (κ3) is 3.47. The Balaban J connectivity index is 1.59. The van der Waals surface area contributed by atoms with Crippen LogP contribution in [0, 0.1) is 0 Å². The lowest BCUT2D eigenvalue weighted by Crippen LogP contribution is -2.36. The van der Waals surface area contributed by atoms with Gasteiger partial charge in [-0.3, -0.25) is 9.89 Å². The largest absolute Gasteiger partial charge is 0.493 e. The Kier molecular flexibility index (Phi) is 5.13. The molecule has 0 saturated heterocycles. The van der Waals surface area contributed by atoms with Gasteiger partial charge >= 0.3 is 0 Å². The fourth-order valence-corrected chi connectivity index (χ4v) is 3.47. The third-order valence-corrected chi connectivity index (χ3v) is 5.02. The summed E-state index contributed by atoms with van der Waals surface area (Å²) in [4.78, 5) is 23.0. The molecule has 1 amide bonds. The van der Waals surface area contributed by atoms with Crippen molar-refractivity contribution in [1.29, 1.82) is 0 Å². The van der Waals surface area contributed by atoms with E-state index < -0.39 is 0 Å². The lowest BCUT2D eigenvalue weighted by molar-refractivity contribution is 0.0725. The molecule has 0 radical (unpaired) electrons. The Morgan fingerprint density at radius 1 is 1.13 bits per heavy atom. The van der Waals surface area contributed by atoms with E-state index in [1.165, 1.54) is 0 Å². The number of anilines is 1. The van der Waals surface area contributed by atoms with Gasteiger partial charge in [0, 0.05) is 18.3 Å². The van der Waals surface area contributed by atoms with Crippen molar-refractivity contribution in [3.8, 4) is 28.5 Å². The maximum absolute atomic E-state index is 13.0. The number of amides is 1. The monoisotopic (exact) mass is 410 g/mol. The molecule has 2 aromatic heterocycles. The van der Waals surface area contributed by atoms with Gasteiger partial charge in [-0.05, 0) is 30.2 Å². The highest BCUT2D eigenvalue weighted by Gasteiger charge is 2.25. The van der Waals surface area contributed by atoms with Gasteiger partial charge in [-0.2, -0.15) is 5.10 Å². The van der Waals surface area contributed by atoms with E-state index in [0.717, 1.165) is 16.8 Å². The molecule has 0 unspecified atom stereocenters. The second kappa shape index (κ2) is 7.90. The number of fused-ring (bicyclic) bond motifs is 1. The van der Waals surface area contributed by atoms with Crippen molar-refractivity contribution in [1.82, 2.24) is 25.1 Å². The summed E-state index contributed by atoms with van der Waals surface area (Å²) in [5.41, 5.74) is 9.15. The molecule has 10 nitrogen and oxygen atoms in total. The van der Waals surface area contributed by atoms with Crippen molar-refractivity contribution in [3.05, 3.63) is 41.3 Å². The number of carbonyl (C=O) groups is 1. The highest BCUT2D eigenvalue weighted by Crippen LogP contribution is 2.40. The number of methoxy groups -OCH3 is 3. The van der Waals surface area contributed by atoms with Gasteiger partial charge in [0.05, 0.1) is 39.3 Å². The number of hydrogen-bond donors (Lipinski definition) is 2. The maximum Gasteiger partial charge on any atom is 0.272 e. The van der Waals surface area contributed by atoms with Gasteiger partial charge in [0.1, 0.15) is 5.69 Å². The summed E-state index contributed by atoms with van der Waals surface area (Å²) in [6.07, 6.45) is 2.40. The van der Waals surface area contributed by atoms with Crippen LogP contribution in [0.1, 0.15) is 21.7 Å². The first-order valence-corrected chi connectivity index (χ1v) is 9.29. The van der Waals surface area contributed by atoms with Crippen molar-refractivity contribution in [2.45, 2.75) is 13.0 Å². The van der Waals surface area contributed by atoms with Crippen LogP contribution in [0.5, 0.6) is 17.2 Å². The molecule has 3 N–H and O–H groups in total. The number of nitrogens with two attached hydrogens (primary N) is 1. The fourth-order valence-electron chi connectivity index (χ4n) is 3.47. The minimum atomic E-state index is -0.163. The minimum Gasteiger partial charge on any atom is -0.493 e. The number of nitrogen functional groups attached to an aromatic ring is 1. The molecule has 0 aliphatic carbocycles. The van der Waals surface area contributed by atoms with E-state index in [9.17, 15) is 4.79 Å². The van der Waals surface area contributed by atoms with Gasteiger partial charge in [-0.1, -0.05) is 0 Å². The summed E-state index contributed by atoms with van der Waals surface area (Å²) in [6.45, 7) is 0.942. The number of H-pyrrole nitrogens is 1. The molecule has 0 saturated carbocycles. The molecule has 1 aliphatic rings. The number of carbonyl (C=O) groups excluding carboxylic acids is 1. The average molecular weight is 410 g/mol. The van der Waals surface area contributed by atoms with Crippen LogP contribution < -0.4 is 19.9 Å². The maximum atomic E-state index is 13.0. The summed E-state index contributed by atoms with van der Waals surface area (Å²) in [7, 11) is 4.64. The molecule has 0 spiro atoms. The van der Waals surface area contributed by atoms with Crippen molar-refractivity contribution in [2.75, 3.05) is 33.6 Å². The SMILES string of the molecule is COc1cc(-c2cc(C(=O)N3CCc4cnc(N)nc4C3)[nH]n2)cc(OC)c1OC. The zero-order valence-corrected chi connectivity index (χ0v) is 16.9. The summed E-state index contributed by atoms with van der Waals surface area (Å²) < 4.78 is 16.1. The Bertz CT molecular complexity index is 1070. The van der Waals surface area contributed by atoms with Gasteiger partial charge in [0.25, 0.3) is 5.91 Å². The number of rotatable bonds is 5. The Hall–Kier alpha value is -3.82. The first kappa shape index (κ1) is 19.5. The normalized spacial score (nSPS) is 13.0. The molecule has 30 heavy (non-hydrogen) atoms. The average Bonchev–Trinajstić information content (AvgIpc) is 3.27. The van der Waals surface area contributed by atoms with Crippen LogP contribution in [0.2, 0.25) is 0 Å². The first-order valence-electron chi connectivity index (χ1n) is 9.29. The second-order valence-corrected chi connectivity index (χ2v) is 6.76. The van der Waals surface area contributed by atoms with Crippen LogP contribution in [0.15, 0.2) is 24.4 Å². The zero-order chi connectivity index (χ0) is 21.3. The van der Waals surface area contributed by atoms with Crippen LogP contribution >= 0.6 is 0 Å². The van der Waals surface area contributed by atoms with E-state index >= 15 is 0 Å². The number of aromatic nitrogens is 4. The number of nitrogens with one attached hydrogen (secondary N) is 1. The van der Waals surface area contributed by atoms with E-state index in [0.29, 0.717) is 48.1 Å². The van der Waals surface area contributed by atoms with Crippen LogP contribution in [0.25, 0.3) is 11.3 Å². The van der Waals surface area contributed by atoms with Gasteiger partial charge < -0.3 is 24.8 Å². The van der Waals surface area contributed by atoms with Gasteiger partial charge in [0.15, 0.2) is 11.5 Å². The highest BCUT2D eigenvalue weighted by atomic mass is 16.5. The number of ether oxygens (including phenoxy) is 3. The molecule has 1 aromatic carbocycles. The lowest BCUT2D eigenvalue weighted by Gasteiger charge is -2.27. The molecule has 10 heteroatoms. The number of hydrogen-bond acceptors (Lipinski definition) is 8. The summed E-state index contributed by atoms with van der Waals surface area (Å²) in [6, 6.07) is 5.26. The molecular weight excluding hydrogens is 388 g/mol. The number of aromatic amines is 1. The molecule has 3 aromatic rings. The fraction of sp³-hybridized carbons (Fsp3) is 0.300. The quantitative estimate of drug-likeness (QED) is 0.650. The van der Waals surface area contributed by atoms with Crippen LogP contribution in [0.3, 0.4) is 0 Å². The number of benzene rings is 1. The topological polar surface area (TPSA) is 128 Å². The third-order valence-electron chi connectivity index (χ3n) is 5.02. The highest BCUT2D eigenvalue weighted by molar-refractivity contribution is 5.93. The summed E-state index contributed by atoms with van der Waals surface area (Å²) in [5, 5.41) is 7.13. The minimum absolute atomic E-state index is 0.163. The van der Waals surface area contributed by atoms with Crippen molar-refractivity contribution in [3.63, 3.8) is 0 Å². The molecule has 0 fully saturated rings. The van der Waals surface area contributed by atoms with E-state index in [2.05, 4.69) is 20.2 Å². The molecule has 0 bridgehead atoms. The molecular formula is C20H22N6O4. The predicted molar refractivity (Wildman–Crippen MR) is 109 cm³/mol. The standard InChI is InChI=1S/C20H22N6O4/c1-28-16-6-12(7-17(29-2)18(16)30-3)13-8-14(25-24-13)19(27)26-5-4-11-9-22-20(21)23-15(11)10-26/h6-9H,4-5,10H2,1-3H3,(H,24,25)(H2,21,22,23). The van der Waals surface area contributed by atoms with Crippen LogP contribution in [-0.2, 0) is 13.0 Å². The molecule has 4 rings (SSSR count). The van der Waals surface area contributed by atoms with E-state index in [-0.39, 0.29) is 11.9 Å². The first-order chi connectivity index (χ1) is 14.5. The smallest absolute Gasteiger partial charge is 0.272 e. The Morgan fingerprint density at radius 2 is 1.87 bits per heavy atom. The van der Waals surface area contributed by atoms with Gasteiger partial charge in [-0.15, -0.1) is 0 Å². The zero-order valence-electron chi connectivity index (χ0n) is 16.9. The van der Waals surface area contributed by atoms with E-state index in [1.54, 1.807) is 50.6 Å². The van der Waals surface area contributed by atoms with E-state index in [1.807, 2.05) is 0 Å². The predicted octanol–water partition coefficient (Wildman–Crippen LogP) is 1.67. The van der Waals surface area contributed by atoms with Crippen molar-refractivity contribution in [2.24, 2.45) is 0 Å². The van der Waals surface area contributed by atoms with Crippen molar-refractivity contribution < 1.29 is 19.0 Å². The number of nitrogens with zero attached hydrogens (tertiary/aromatic N) is 4. The van der Waals surface area contributed by atoms with Gasteiger partial charge in [0.2, 0.25) is 11.7 Å². The molecule has 1 aliphatic heterocycles. The van der Waals surface area contributed by atoms with Crippen molar-refractivity contribution >= 4 is 11.9 Å². The van der Waals surface area contributed by atoms with Gasteiger partial charge in [-0.25, -0.2) is 9.97 Å². The van der Waals surface area contributed by atoms with Crippen LogP contribution in [-0.4, -0.2) is 58.8 Å². The summed E-state index contributed by atoms with van der Waals surface area (Å²) >= 11 is 0. The summed E-state index contributed by atoms with van der Waals surface area (Å²) in [5.74, 6) is 1.54.